The maximum absolute atomic E-state index is 11.9. The van der Waals surface area contributed by atoms with Crippen LogP contribution in [0.25, 0.3) is 0 Å². The Balaban J connectivity index is 2.01. The fourth-order valence-electron chi connectivity index (χ4n) is 2.89. The molecule has 0 fully saturated rings. The highest BCUT2D eigenvalue weighted by atomic mass is 16.5. The van der Waals surface area contributed by atoms with E-state index in [9.17, 15) is 9.90 Å². The Labute approximate surface area is 140 Å². The predicted octanol–water partition coefficient (Wildman–Crippen LogP) is 3.63. The van der Waals surface area contributed by atoms with E-state index in [1.807, 2.05) is 32.0 Å². The smallest absolute Gasteiger partial charge is 0.312 e. The molecule has 0 saturated heterocycles. The lowest BCUT2D eigenvalue weighted by Crippen LogP contribution is -2.21. The molecule has 1 heterocycles. The van der Waals surface area contributed by atoms with E-state index in [0.29, 0.717) is 17.2 Å². The zero-order valence-corrected chi connectivity index (χ0v) is 13.9. The lowest BCUT2D eigenvalue weighted by Gasteiger charge is -2.25. The number of carbonyl (C=O) groups excluding carboxylic acids is 1. The van der Waals surface area contributed by atoms with Crippen molar-refractivity contribution in [1.29, 1.82) is 0 Å². The molecule has 1 aliphatic rings. The third-order valence-corrected chi connectivity index (χ3v) is 3.92. The van der Waals surface area contributed by atoms with Gasteiger partial charge in [0.2, 0.25) is 0 Å². The summed E-state index contributed by atoms with van der Waals surface area (Å²) in [6, 6.07) is 10.5. The highest BCUT2D eigenvalue weighted by Gasteiger charge is 2.29. The van der Waals surface area contributed by atoms with Gasteiger partial charge >= 0.3 is 5.97 Å². The second kappa shape index (κ2) is 6.43. The van der Waals surface area contributed by atoms with E-state index in [0.717, 1.165) is 11.1 Å². The maximum atomic E-state index is 11.9. The van der Waals surface area contributed by atoms with E-state index in [2.05, 4.69) is 0 Å². The number of phenols is 1. The first kappa shape index (κ1) is 16.2. The number of methoxy groups -OCH3 is 1. The largest absolute Gasteiger partial charge is 0.508 e. The van der Waals surface area contributed by atoms with Crippen molar-refractivity contribution in [2.24, 2.45) is 0 Å². The summed E-state index contributed by atoms with van der Waals surface area (Å²) in [6.45, 7) is 3.90. The molecule has 1 aliphatic heterocycles. The molecule has 0 aliphatic carbocycles. The Bertz CT molecular complexity index is 766. The van der Waals surface area contributed by atoms with E-state index >= 15 is 0 Å². The lowest BCUT2D eigenvalue weighted by molar-refractivity contribution is -0.135. The van der Waals surface area contributed by atoms with Gasteiger partial charge in [0.05, 0.1) is 19.6 Å². The molecule has 24 heavy (non-hydrogen) atoms. The standard InChI is InChI=1S/C19H20O5/c1-11(2)23-16-7-4-12(8-18(16)22-3)15-10-19(21)24-17-9-13(20)5-6-14(15)17/h4-9,11,15,20H,10H2,1-3H3. The Morgan fingerprint density at radius 2 is 1.96 bits per heavy atom. The number of hydrogen-bond donors (Lipinski definition) is 1. The van der Waals surface area contributed by atoms with Crippen molar-refractivity contribution in [1.82, 2.24) is 0 Å². The monoisotopic (exact) mass is 328 g/mol. The van der Waals surface area contributed by atoms with Crippen molar-refractivity contribution in [2.75, 3.05) is 7.11 Å². The number of ether oxygens (including phenoxy) is 3. The van der Waals surface area contributed by atoms with E-state index in [1.165, 1.54) is 6.07 Å². The summed E-state index contributed by atoms with van der Waals surface area (Å²) in [5, 5.41) is 9.61. The summed E-state index contributed by atoms with van der Waals surface area (Å²) in [5.41, 5.74) is 1.80. The number of rotatable bonds is 4. The second-order valence-electron chi connectivity index (χ2n) is 6.03. The van der Waals surface area contributed by atoms with Gasteiger partial charge in [0, 0.05) is 17.5 Å². The molecular weight excluding hydrogens is 308 g/mol. The first-order valence-corrected chi connectivity index (χ1v) is 7.86. The Morgan fingerprint density at radius 3 is 2.67 bits per heavy atom. The van der Waals surface area contributed by atoms with E-state index in [4.69, 9.17) is 14.2 Å². The van der Waals surface area contributed by atoms with Crippen molar-refractivity contribution in [2.45, 2.75) is 32.3 Å². The molecule has 0 spiro atoms. The molecule has 1 atom stereocenters. The zero-order chi connectivity index (χ0) is 17.3. The highest BCUT2D eigenvalue weighted by Crippen LogP contribution is 2.42. The minimum absolute atomic E-state index is 0.0399. The molecule has 3 rings (SSSR count). The van der Waals surface area contributed by atoms with Gasteiger partial charge in [-0.15, -0.1) is 0 Å². The fraction of sp³-hybridized carbons (Fsp3) is 0.316. The van der Waals surface area contributed by atoms with Gasteiger partial charge in [-0.1, -0.05) is 12.1 Å². The summed E-state index contributed by atoms with van der Waals surface area (Å²) in [6.07, 6.45) is 0.281. The first-order chi connectivity index (χ1) is 11.5. The summed E-state index contributed by atoms with van der Waals surface area (Å²) < 4.78 is 16.4. The molecule has 2 aromatic carbocycles. The molecule has 0 radical (unpaired) electrons. The van der Waals surface area contributed by atoms with Gasteiger partial charge in [-0.05, 0) is 37.6 Å². The van der Waals surface area contributed by atoms with Crippen LogP contribution in [0.15, 0.2) is 36.4 Å². The maximum Gasteiger partial charge on any atom is 0.312 e. The average molecular weight is 328 g/mol. The van der Waals surface area contributed by atoms with Crippen molar-refractivity contribution < 1.29 is 24.1 Å². The number of hydrogen-bond acceptors (Lipinski definition) is 5. The Morgan fingerprint density at radius 1 is 1.17 bits per heavy atom. The molecule has 1 N–H and O–H groups in total. The van der Waals surface area contributed by atoms with Crippen LogP contribution in [0.3, 0.4) is 0 Å². The van der Waals surface area contributed by atoms with Crippen LogP contribution >= 0.6 is 0 Å². The number of carbonyl (C=O) groups is 1. The number of benzene rings is 2. The van der Waals surface area contributed by atoms with Crippen LogP contribution in [0.2, 0.25) is 0 Å². The van der Waals surface area contributed by atoms with E-state index < -0.39 is 0 Å². The fourth-order valence-corrected chi connectivity index (χ4v) is 2.89. The number of aromatic hydroxyl groups is 1. The van der Waals surface area contributed by atoms with Gasteiger partial charge in [0.15, 0.2) is 11.5 Å². The number of phenolic OH excluding ortho intramolecular Hbond substituents is 1. The van der Waals surface area contributed by atoms with Gasteiger partial charge in [-0.3, -0.25) is 4.79 Å². The third-order valence-electron chi connectivity index (χ3n) is 3.92. The third kappa shape index (κ3) is 3.15. The molecule has 0 amide bonds. The van der Waals surface area contributed by atoms with Crippen molar-refractivity contribution in [3.05, 3.63) is 47.5 Å². The summed E-state index contributed by atoms with van der Waals surface area (Å²) in [7, 11) is 1.59. The number of fused-ring (bicyclic) bond motifs is 1. The van der Waals surface area contributed by atoms with Crippen LogP contribution in [0.5, 0.6) is 23.0 Å². The topological polar surface area (TPSA) is 65.0 Å². The molecular formula is C19H20O5. The van der Waals surface area contributed by atoms with Crippen LogP contribution < -0.4 is 14.2 Å². The van der Waals surface area contributed by atoms with Crippen LogP contribution in [-0.2, 0) is 4.79 Å². The molecule has 126 valence electrons. The Hall–Kier alpha value is -2.69. The SMILES string of the molecule is COc1cc(C2CC(=O)Oc3cc(O)ccc32)ccc1OC(C)C. The van der Waals surface area contributed by atoms with Crippen LogP contribution in [0.4, 0.5) is 0 Å². The van der Waals surface area contributed by atoms with Crippen molar-refractivity contribution >= 4 is 5.97 Å². The minimum atomic E-state index is -0.320. The quantitative estimate of drug-likeness (QED) is 0.686. The molecule has 0 aromatic heterocycles. The van der Waals surface area contributed by atoms with Gasteiger partial charge in [0.1, 0.15) is 11.5 Å². The van der Waals surface area contributed by atoms with E-state index in [-0.39, 0.29) is 30.2 Å². The van der Waals surface area contributed by atoms with Crippen molar-refractivity contribution in [3.8, 4) is 23.0 Å². The van der Waals surface area contributed by atoms with E-state index in [1.54, 1.807) is 19.2 Å². The molecule has 5 nitrogen and oxygen atoms in total. The average Bonchev–Trinajstić information content (AvgIpc) is 2.53. The minimum Gasteiger partial charge on any atom is -0.508 e. The second-order valence-corrected chi connectivity index (χ2v) is 6.03. The summed E-state index contributed by atoms with van der Waals surface area (Å²) in [4.78, 5) is 11.9. The van der Waals surface area contributed by atoms with Crippen molar-refractivity contribution in [3.63, 3.8) is 0 Å². The predicted molar refractivity (Wildman–Crippen MR) is 89.0 cm³/mol. The first-order valence-electron chi connectivity index (χ1n) is 7.86. The normalized spacial score (nSPS) is 16.5. The van der Waals surface area contributed by atoms with Gasteiger partial charge in [-0.25, -0.2) is 0 Å². The summed E-state index contributed by atoms with van der Waals surface area (Å²) in [5.74, 6) is 1.29. The van der Waals surface area contributed by atoms with Gasteiger partial charge in [-0.2, -0.15) is 0 Å². The summed E-state index contributed by atoms with van der Waals surface area (Å²) >= 11 is 0. The van der Waals surface area contributed by atoms with Gasteiger partial charge < -0.3 is 19.3 Å². The molecule has 1 unspecified atom stereocenters. The lowest BCUT2D eigenvalue weighted by atomic mass is 9.86. The Kier molecular flexibility index (Phi) is 4.34. The zero-order valence-electron chi connectivity index (χ0n) is 13.9. The number of esters is 1. The molecule has 0 saturated carbocycles. The molecule has 0 bridgehead atoms. The van der Waals surface area contributed by atoms with Crippen LogP contribution in [0, 0.1) is 0 Å². The molecule has 5 heteroatoms. The van der Waals surface area contributed by atoms with Crippen LogP contribution in [0.1, 0.15) is 37.3 Å². The van der Waals surface area contributed by atoms with Crippen LogP contribution in [-0.4, -0.2) is 24.3 Å². The highest BCUT2D eigenvalue weighted by molar-refractivity contribution is 5.78. The van der Waals surface area contributed by atoms with Gasteiger partial charge in [0.25, 0.3) is 0 Å². The molecule has 2 aromatic rings.